The van der Waals surface area contributed by atoms with E-state index >= 15 is 4.39 Å². The predicted molar refractivity (Wildman–Crippen MR) is 158 cm³/mol. The number of urea groups is 1. The first kappa shape index (κ1) is 32.4. The average Bonchev–Trinajstić information content (AvgIpc) is 3.41. The standard InChI is InChI=1S/C32H38F4N4O5/c1-37-30(44)40-18-26(21-3-6-24(45-2)7-4-21)31(33,19-40)29(43)39-15-9-20(10-16-39)25-8-5-23(32(34,35)36)17-27(25)38-13-11-22(12-14-38)28(41)42/h3-8,17,20,22,26H,9-16,18-19H2,1-2H3,(H,37,44)(H,41,42)/t26-,31-/m0/s1. The highest BCUT2D eigenvalue weighted by atomic mass is 19.4. The Bertz CT molecular complexity index is 1410. The molecule has 3 fully saturated rings. The van der Waals surface area contributed by atoms with E-state index in [0.717, 1.165) is 12.1 Å². The van der Waals surface area contributed by atoms with Gasteiger partial charge in [0.2, 0.25) is 5.67 Å². The van der Waals surface area contributed by atoms with Crippen molar-refractivity contribution in [3.05, 3.63) is 59.2 Å². The molecule has 3 saturated heterocycles. The molecule has 3 aliphatic rings. The van der Waals surface area contributed by atoms with Crippen LogP contribution in [0, 0.1) is 5.92 Å². The number of alkyl halides is 4. The first-order valence-corrected chi connectivity index (χ1v) is 15.1. The number of nitrogens with zero attached hydrogens (tertiary/aromatic N) is 3. The molecule has 0 unspecified atom stereocenters. The van der Waals surface area contributed by atoms with Gasteiger partial charge >= 0.3 is 18.2 Å². The number of methoxy groups -OCH3 is 1. The molecule has 0 spiro atoms. The molecule has 3 heterocycles. The number of amides is 3. The Labute approximate surface area is 259 Å². The fraction of sp³-hybridized carbons (Fsp3) is 0.531. The van der Waals surface area contributed by atoms with Crippen molar-refractivity contribution in [2.45, 2.75) is 49.4 Å². The van der Waals surface area contributed by atoms with Crippen LogP contribution < -0.4 is 15.0 Å². The third-order valence-corrected chi connectivity index (χ3v) is 9.52. The lowest BCUT2D eigenvalue weighted by Crippen LogP contribution is -2.53. The van der Waals surface area contributed by atoms with E-state index in [1.807, 2.05) is 4.90 Å². The molecule has 3 amide bonds. The molecule has 5 rings (SSSR count). The van der Waals surface area contributed by atoms with Gasteiger partial charge in [-0.05, 0) is 67.0 Å². The number of carboxylic acids is 1. The number of hydrogen-bond acceptors (Lipinski definition) is 5. The second-order valence-corrected chi connectivity index (χ2v) is 12.1. The topological polar surface area (TPSA) is 102 Å². The zero-order valence-corrected chi connectivity index (χ0v) is 25.3. The normalized spacial score (nSPS) is 23.2. The van der Waals surface area contributed by atoms with Crippen LogP contribution in [-0.4, -0.2) is 91.9 Å². The maximum absolute atomic E-state index is 16.9. The van der Waals surface area contributed by atoms with E-state index in [4.69, 9.17) is 4.74 Å². The number of carbonyl (C=O) groups excluding carboxylic acids is 2. The molecular weight excluding hydrogens is 596 g/mol. The van der Waals surface area contributed by atoms with Gasteiger partial charge in [0.15, 0.2) is 0 Å². The fourth-order valence-corrected chi connectivity index (χ4v) is 6.92. The van der Waals surface area contributed by atoms with Crippen molar-refractivity contribution in [3.63, 3.8) is 0 Å². The Kier molecular flexibility index (Phi) is 9.18. The summed E-state index contributed by atoms with van der Waals surface area (Å²) in [4.78, 5) is 42.4. The number of nitrogens with one attached hydrogen (secondary N) is 1. The van der Waals surface area contributed by atoms with Gasteiger partial charge < -0.3 is 29.9 Å². The molecule has 0 aromatic heterocycles. The van der Waals surface area contributed by atoms with Gasteiger partial charge in [-0.15, -0.1) is 0 Å². The number of likely N-dealkylation sites (tertiary alicyclic amines) is 2. The van der Waals surface area contributed by atoms with Gasteiger partial charge in [0.05, 0.1) is 25.1 Å². The fourth-order valence-electron chi connectivity index (χ4n) is 6.92. The molecule has 0 radical (unpaired) electrons. The van der Waals surface area contributed by atoms with Crippen molar-refractivity contribution < 1.29 is 41.8 Å². The Morgan fingerprint density at radius 2 is 1.60 bits per heavy atom. The average molecular weight is 635 g/mol. The van der Waals surface area contributed by atoms with Crippen LogP contribution in [0.1, 0.15) is 54.2 Å². The number of halogens is 4. The predicted octanol–water partition coefficient (Wildman–Crippen LogP) is 4.87. The van der Waals surface area contributed by atoms with E-state index in [1.54, 1.807) is 24.3 Å². The van der Waals surface area contributed by atoms with Gasteiger partial charge in [-0.25, -0.2) is 9.18 Å². The van der Waals surface area contributed by atoms with Gasteiger partial charge in [-0.3, -0.25) is 9.59 Å². The maximum Gasteiger partial charge on any atom is 0.416 e. The summed E-state index contributed by atoms with van der Waals surface area (Å²) in [6.45, 7) is 0.650. The van der Waals surface area contributed by atoms with E-state index in [2.05, 4.69) is 5.32 Å². The Morgan fingerprint density at radius 1 is 0.956 bits per heavy atom. The number of benzene rings is 2. The molecule has 45 heavy (non-hydrogen) atoms. The number of hydrogen-bond donors (Lipinski definition) is 2. The zero-order chi connectivity index (χ0) is 32.5. The number of aliphatic carboxylic acids is 1. The van der Waals surface area contributed by atoms with Crippen LogP contribution in [0.5, 0.6) is 5.75 Å². The molecule has 2 aromatic carbocycles. The molecule has 0 bridgehead atoms. The van der Waals surface area contributed by atoms with Gasteiger partial charge in [-0.1, -0.05) is 18.2 Å². The number of ether oxygens (including phenoxy) is 1. The van der Waals surface area contributed by atoms with Crippen LogP contribution in [0.25, 0.3) is 0 Å². The first-order valence-electron chi connectivity index (χ1n) is 15.1. The SMILES string of the molecule is CNC(=O)N1C[C@@H](c2ccc(OC)cc2)[C@](F)(C(=O)N2CCC(c3ccc(C(F)(F)F)cc3N3CCC(C(=O)O)CC3)CC2)C1. The first-order chi connectivity index (χ1) is 21.3. The molecule has 0 aliphatic carbocycles. The minimum Gasteiger partial charge on any atom is -0.497 e. The molecule has 244 valence electrons. The van der Waals surface area contributed by atoms with Crippen LogP contribution in [-0.2, 0) is 15.8 Å². The molecule has 13 heteroatoms. The lowest BCUT2D eigenvalue weighted by Gasteiger charge is -2.39. The summed E-state index contributed by atoms with van der Waals surface area (Å²) < 4.78 is 63.2. The number of piperidine rings is 2. The molecule has 9 nitrogen and oxygen atoms in total. The summed E-state index contributed by atoms with van der Waals surface area (Å²) in [7, 11) is 2.96. The summed E-state index contributed by atoms with van der Waals surface area (Å²) in [5.41, 5.74) is -1.45. The molecule has 2 aromatic rings. The largest absolute Gasteiger partial charge is 0.497 e. The highest BCUT2D eigenvalue weighted by Gasteiger charge is 2.56. The minimum absolute atomic E-state index is 0.0121. The zero-order valence-electron chi connectivity index (χ0n) is 25.3. The van der Waals surface area contributed by atoms with Crippen LogP contribution in [0.4, 0.5) is 28.0 Å². The van der Waals surface area contributed by atoms with E-state index in [9.17, 15) is 32.7 Å². The quantitative estimate of drug-likeness (QED) is 0.440. The number of carbonyl (C=O) groups is 3. The highest BCUT2D eigenvalue weighted by Crippen LogP contribution is 2.44. The molecular formula is C32H38F4N4O5. The highest BCUT2D eigenvalue weighted by molar-refractivity contribution is 5.89. The number of rotatable bonds is 6. The van der Waals surface area contributed by atoms with Crippen molar-refractivity contribution >= 4 is 23.6 Å². The van der Waals surface area contributed by atoms with E-state index in [-0.39, 0.29) is 25.6 Å². The second-order valence-electron chi connectivity index (χ2n) is 12.1. The molecule has 2 N–H and O–H groups in total. The minimum atomic E-state index is -4.54. The van der Waals surface area contributed by atoms with E-state index < -0.39 is 53.7 Å². The Balaban J connectivity index is 1.35. The Hall–Kier alpha value is -4.03. The number of anilines is 1. The third-order valence-electron chi connectivity index (χ3n) is 9.52. The van der Waals surface area contributed by atoms with E-state index in [0.29, 0.717) is 61.3 Å². The van der Waals surface area contributed by atoms with Crippen LogP contribution in [0.3, 0.4) is 0 Å². The summed E-state index contributed by atoms with van der Waals surface area (Å²) in [6, 6.07) is 9.93. The molecule has 2 atom stereocenters. The Morgan fingerprint density at radius 3 is 2.16 bits per heavy atom. The molecule has 0 saturated carbocycles. The van der Waals surface area contributed by atoms with Crippen molar-refractivity contribution in [3.8, 4) is 5.75 Å². The van der Waals surface area contributed by atoms with Crippen LogP contribution in [0.15, 0.2) is 42.5 Å². The maximum atomic E-state index is 16.9. The lowest BCUT2D eigenvalue weighted by atomic mass is 9.83. The van der Waals surface area contributed by atoms with Crippen molar-refractivity contribution in [1.29, 1.82) is 0 Å². The number of carboxylic acid groups (broad SMARTS) is 1. The molecule has 3 aliphatic heterocycles. The van der Waals surface area contributed by atoms with Crippen molar-refractivity contribution in [1.82, 2.24) is 15.1 Å². The summed E-state index contributed by atoms with van der Waals surface area (Å²) in [6.07, 6.45) is -3.05. The van der Waals surface area contributed by atoms with E-state index in [1.165, 1.54) is 30.0 Å². The van der Waals surface area contributed by atoms with Crippen molar-refractivity contribution in [2.75, 3.05) is 58.3 Å². The van der Waals surface area contributed by atoms with Crippen molar-refractivity contribution in [2.24, 2.45) is 5.92 Å². The van der Waals surface area contributed by atoms with Gasteiger partial charge in [-0.2, -0.15) is 13.2 Å². The van der Waals surface area contributed by atoms with Crippen LogP contribution >= 0.6 is 0 Å². The summed E-state index contributed by atoms with van der Waals surface area (Å²) >= 11 is 0. The van der Waals surface area contributed by atoms with Gasteiger partial charge in [0, 0.05) is 51.4 Å². The smallest absolute Gasteiger partial charge is 0.416 e. The second kappa shape index (κ2) is 12.8. The monoisotopic (exact) mass is 634 g/mol. The third kappa shape index (κ3) is 6.53. The van der Waals surface area contributed by atoms with Crippen LogP contribution in [0.2, 0.25) is 0 Å². The summed E-state index contributed by atoms with van der Waals surface area (Å²) in [5.74, 6) is -2.65. The van der Waals surface area contributed by atoms with Gasteiger partial charge in [0.1, 0.15) is 5.75 Å². The summed E-state index contributed by atoms with van der Waals surface area (Å²) in [5, 5.41) is 11.9. The van der Waals surface area contributed by atoms with Gasteiger partial charge in [0.25, 0.3) is 5.91 Å². The lowest BCUT2D eigenvalue weighted by molar-refractivity contribution is -0.145.